The third-order valence-electron chi connectivity index (χ3n) is 2.80. The Bertz CT molecular complexity index is 597. The van der Waals surface area contributed by atoms with E-state index in [1.54, 1.807) is 18.0 Å². The van der Waals surface area contributed by atoms with E-state index in [-0.39, 0.29) is 11.7 Å². The molecule has 1 saturated heterocycles. The van der Waals surface area contributed by atoms with Crippen LogP contribution in [0.3, 0.4) is 0 Å². The van der Waals surface area contributed by atoms with Gasteiger partial charge in [0.05, 0.1) is 5.75 Å². The minimum Gasteiger partial charge on any atom is -0.338 e. The van der Waals surface area contributed by atoms with Gasteiger partial charge in [-0.25, -0.2) is 0 Å². The second kappa shape index (κ2) is 4.53. The van der Waals surface area contributed by atoms with Crippen molar-refractivity contribution in [3.8, 4) is 11.5 Å². The third kappa shape index (κ3) is 2.03. The van der Waals surface area contributed by atoms with Gasteiger partial charge in [0.2, 0.25) is 11.7 Å². The molecule has 1 fully saturated rings. The number of nitrogens with zero attached hydrogens (tertiary/aromatic N) is 3. The molecule has 0 amide bonds. The molecule has 0 bridgehead atoms. The van der Waals surface area contributed by atoms with Crippen molar-refractivity contribution in [1.29, 1.82) is 0 Å². The number of pyridine rings is 1. The minimum atomic E-state index is -0.249. The normalized spacial score (nSPS) is 19.4. The van der Waals surface area contributed by atoms with Crippen molar-refractivity contribution >= 4 is 17.5 Å². The number of hydrogen-bond donors (Lipinski definition) is 0. The number of rotatable bonds is 2. The lowest BCUT2D eigenvalue weighted by Gasteiger charge is -1.97. The molecule has 3 rings (SSSR count). The number of ketones is 1. The van der Waals surface area contributed by atoms with Crippen molar-refractivity contribution in [2.45, 2.75) is 12.8 Å². The van der Waals surface area contributed by atoms with Gasteiger partial charge in [-0.1, -0.05) is 5.16 Å². The lowest BCUT2D eigenvalue weighted by molar-refractivity contribution is -0.117. The lowest BCUT2D eigenvalue weighted by Crippen LogP contribution is -2.09. The van der Waals surface area contributed by atoms with Gasteiger partial charge in [-0.15, -0.1) is 0 Å². The molecule has 2 aromatic rings. The van der Waals surface area contributed by atoms with Crippen LogP contribution in [0.2, 0.25) is 0 Å². The maximum Gasteiger partial charge on any atom is 0.238 e. The quantitative estimate of drug-likeness (QED) is 0.821. The predicted octanol–water partition coefficient (Wildman–Crippen LogP) is 1.84. The molecule has 0 N–H and O–H groups in total. The Hall–Kier alpha value is -1.69. The number of aryl methyl sites for hydroxylation is 1. The van der Waals surface area contributed by atoms with Crippen molar-refractivity contribution in [2.75, 3.05) is 11.5 Å². The standard InChI is InChI=1S/C12H11N3O2S/c1-7-2-3-13-9(4-7)11-14-12(17-15-11)8-5-18-6-10(8)16/h2-4,8H,5-6H2,1H3. The Morgan fingerprint density at radius 2 is 2.39 bits per heavy atom. The van der Waals surface area contributed by atoms with Gasteiger partial charge in [-0.3, -0.25) is 9.78 Å². The topological polar surface area (TPSA) is 68.9 Å². The summed E-state index contributed by atoms with van der Waals surface area (Å²) in [5, 5.41) is 3.90. The first-order valence-electron chi connectivity index (χ1n) is 5.61. The highest BCUT2D eigenvalue weighted by molar-refractivity contribution is 8.00. The fourth-order valence-corrected chi connectivity index (χ4v) is 2.90. The molecule has 3 heterocycles. The van der Waals surface area contributed by atoms with Crippen molar-refractivity contribution < 1.29 is 9.32 Å². The van der Waals surface area contributed by atoms with Crippen LogP contribution in [0.25, 0.3) is 11.5 Å². The van der Waals surface area contributed by atoms with Crippen LogP contribution in [0, 0.1) is 6.92 Å². The molecular weight excluding hydrogens is 250 g/mol. The molecule has 0 saturated carbocycles. The summed E-state index contributed by atoms with van der Waals surface area (Å²) in [5.41, 5.74) is 1.75. The molecule has 1 aliphatic heterocycles. The molecule has 0 aromatic carbocycles. The summed E-state index contributed by atoms with van der Waals surface area (Å²) in [5.74, 6) is 2.02. The number of hydrogen-bond acceptors (Lipinski definition) is 6. The maximum atomic E-state index is 11.6. The fraction of sp³-hybridized carbons (Fsp3) is 0.333. The van der Waals surface area contributed by atoms with E-state index in [1.807, 2.05) is 19.1 Å². The summed E-state index contributed by atoms with van der Waals surface area (Å²) in [6, 6.07) is 3.79. The van der Waals surface area contributed by atoms with Crippen molar-refractivity contribution in [3.05, 3.63) is 29.8 Å². The van der Waals surface area contributed by atoms with Gasteiger partial charge in [0.25, 0.3) is 0 Å². The summed E-state index contributed by atoms with van der Waals surface area (Å²) in [6.07, 6.45) is 1.71. The molecule has 1 atom stereocenters. The molecule has 0 aliphatic carbocycles. The van der Waals surface area contributed by atoms with Crippen molar-refractivity contribution in [3.63, 3.8) is 0 Å². The van der Waals surface area contributed by atoms with Crippen LogP contribution in [-0.2, 0) is 4.79 Å². The van der Waals surface area contributed by atoms with Crippen LogP contribution in [0.5, 0.6) is 0 Å². The first kappa shape index (κ1) is 11.4. The summed E-state index contributed by atoms with van der Waals surface area (Å²) < 4.78 is 5.18. The highest BCUT2D eigenvalue weighted by Crippen LogP contribution is 2.29. The van der Waals surface area contributed by atoms with E-state index in [4.69, 9.17) is 4.52 Å². The van der Waals surface area contributed by atoms with E-state index < -0.39 is 0 Å². The summed E-state index contributed by atoms with van der Waals surface area (Å²) >= 11 is 1.60. The fourth-order valence-electron chi connectivity index (χ4n) is 1.82. The highest BCUT2D eigenvalue weighted by Gasteiger charge is 2.31. The molecule has 0 spiro atoms. The zero-order valence-corrected chi connectivity index (χ0v) is 10.6. The second-order valence-corrected chi connectivity index (χ2v) is 5.24. The Morgan fingerprint density at radius 1 is 1.50 bits per heavy atom. The maximum absolute atomic E-state index is 11.6. The van der Waals surface area contributed by atoms with Crippen LogP contribution in [-0.4, -0.2) is 32.4 Å². The monoisotopic (exact) mass is 261 g/mol. The Balaban J connectivity index is 1.92. The van der Waals surface area contributed by atoms with Crippen LogP contribution >= 0.6 is 11.8 Å². The van der Waals surface area contributed by atoms with Gasteiger partial charge >= 0.3 is 0 Å². The minimum absolute atomic E-state index is 0.160. The van der Waals surface area contributed by atoms with Gasteiger partial charge < -0.3 is 4.52 Å². The van der Waals surface area contributed by atoms with E-state index in [0.717, 1.165) is 11.3 Å². The predicted molar refractivity (Wildman–Crippen MR) is 67.3 cm³/mol. The zero-order chi connectivity index (χ0) is 12.5. The average Bonchev–Trinajstić information content (AvgIpc) is 2.97. The van der Waals surface area contributed by atoms with Crippen LogP contribution in [0.15, 0.2) is 22.9 Å². The average molecular weight is 261 g/mol. The van der Waals surface area contributed by atoms with Crippen LogP contribution < -0.4 is 0 Å². The SMILES string of the molecule is Cc1ccnc(-c2noc(C3CSCC3=O)n2)c1. The molecule has 92 valence electrons. The summed E-state index contributed by atoms with van der Waals surface area (Å²) in [7, 11) is 0. The number of carbonyl (C=O) groups excluding carboxylic acids is 1. The number of aromatic nitrogens is 3. The largest absolute Gasteiger partial charge is 0.338 e. The van der Waals surface area contributed by atoms with Crippen LogP contribution in [0.4, 0.5) is 0 Å². The van der Waals surface area contributed by atoms with Crippen molar-refractivity contribution in [1.82, 2.24) is 15.1 Å². The highest BCUT2D eigenvalue weighted by atomic mass is 32.2. The Kier molecular flexibility index (Phi) is 2.87. The van der Waals surface area contributed by atoms with Crippen LogP contribution in [0.1, 0.15) is 17.4 Å². The molecule has 2 aromatic heterocycles. The molecule has 6 heteroatoms. The third-order valence-corrected chi connectivity index (χ3v) is 3.86. The molecule has 1 unspecified atom stereocenters. The van der Waals surface area contributed by atoms with Gasteiger partial charge in [-0.05, 0) is 24.6 Å². The van der Waals surface area contributed by atoms with Gasteiger partial charge in [0.15, 0.2) is 5.78 Å². The number of thioether (sulfide) groups is 1. The number of carbonyl (C=O) groups is 1. The van der Waals surface area contributed by atoms with Gasteiger partial charge in [-0.2, -0.15) is 16.7 Å². The smallest absolute Gasteiger partial charge is 0.238 e. The first-order valence-corrected chi connectivity index (χ1v) is 6.76. The van der Waals surface area contributed by atoms with E-state index >= 15 is 0 Å². The molecule has 1 aliphatic rings. The van der Waals surface area contributed by atoms with E-state index in [2.05, 4.69) is 15.1 Å². The number of Topliss-reactive ketones (excluding diaryl/α,β-unsaturated/α-hetero) is 1. The Morgan fingerprint density at radius 3 is 3.11 bits per heavy atom. The molecule has 18 heavy (non-hydrogen) atoms. The van der Waals surface area contributed by atoms with Gasteiger partial charge in [0, 0.05) is 11.9 Å². The van der Waals surface area contributed by atoms with E-state index in [9.17, 15) is 4.79 Å². The zero-order valence-electron chi connectivity index (χ0n) is 9.79. The van der Waals surface area contributed by atoms with E-state index in [0.29, 0.717) is 23.2 Å². The summed E-state index contributed by atoms with van der Waals surface area (Å²) in [6.45, 7) is 1.98. The van der Waals surface area contributed by atoms with E-state index in [1.165, 1.54) is 0 Å². The molecule has 5 nitrogen and oxygen atoms in total. The molecular formula is C12H11N3O2S. The van der Waals surface area contributed by atoms with Gasteiger partial charge in [0.1, 0.15) is 11.6 Å². The van der Waals surface area contributed by atoms with Crippen molar-refractivity contribution in [2.24, 2.45) is 0 Å². The first-order chi connectivity index (χ1) is 8.74. The molecule has 0 radical (unpaired) electrons. The summed E-state index contributed by atoms with van der Waals surface area (Å²) in [4.78, 5) is 20.1. The lowest BCUT2D eigenvalue weighted by atomic mass is 10.1. The second-order valence-electron chi connectivity index (χ2n) is 4.21. The Labute approximate surface area is 108 Å².